The normalized spacial score (nSPS) is 24.9. The Bertz CT molecular complexity index is 1940. The number of nitrogens with zero attached hydrogens (tertiary/aromatic N) is 5. The number of amides is 2. The van der Waals surface area contributed by atoms with Crippen LogP contribution in [0.15, 0.2) is 85.1 Å². The first-order chi connectivity index (χ1) is 24.4. The minimum Gasteiger partial charge on any atom is -0.441 e. The number of aliphatic hydroxyl groups excluding tert-OH is 1. The Kier molecular flexibility index (Phi) is 9.15. The lowest BCUT2D eigenvalue weighted by Gasteiger charge is -2.39. The molecule has 1 N–H and O–H groups in total. The highest BCUT2D eigenvalue weighted by Gasteiger charge is 2.66. The molecule has 2 saturated heterocycles. The number of aryl methyl sites for hydroxylation is 1. The van der Waals surface area contributed by atoms with Crippen LogP contribution in [0.5, 0.6) is 0 Å². The highest BCUT2D eigenvalue weighted by Crippen LogP contribution is 2.61. The maximum Gasteiger partial charge on any atom is 0.304 e. The van der Waals surface area contributed by atoms with E-state index < -0.39 is 43.8 Å². The summed E-state index contributed by atoms with van der Waals surface area (Å²) in [6.07, 6.45) is 0.853. The summed E-state index contributed by atoms with van der Waals surface area (Å²) in [5.74, 6) is -1.88. The Morgan fingerprint density at radius 2 is 1.80 bits per heavy atom. The molecule has 4 aromatic rings. The molecule has 0 aliphatic carbocycles. The Hall–Kier alpha value is -4.72. The van der Waals surface area contributed by atoms with Gasteiger partial charge in [-0.05, 0) is 48.8 Å². The molecule has 2 unspecified atom stereocenters. The molecular weight excluding hydrogens is 670 g/mol. The summed E-state index contributed by atoms with van der Waals surface area (Å²) in [6, 6.07) is 24.5. The van der Waals surface area contributed by atoms with Crippen LogP contribution in [0.1, 0.15) is 55.0 Å². The van der Waals surface area contributed by atoms with E-state index in [0.29, 0.717) is 35.6 Å². The number of aromatic nitrogens is 3. The van der Waals surface area contributed by atoms with Crippen LogP contribution in [0.25, 0.3) is 0 Å². The minimum absolute atomic E-state index is 0.0635. The average molecular weight is 712 g/mol. The fraction of sp³-hybridized carbons (Fsp3) is 0.395. The second-order valence-corrected chi connectivity index (χ2v) is 18.0. The van der Waals surface area contributed by atoms with Gasteiger partial charge < -0.3 is 23.6 Å². The van der Waals surface area contributed by atoms with Crippen molar-refractivity contribution >= 4 is 37.6 Å². The third-order valence-corrected chi connectivity index (χ3v) is 13.0. The van der Waals surface area contributed by atoms with Crippen molar-refractivity contribution in [1.29, 1.82) is 0 Å². The molecule has 0 bridgehead atoms. The summed E-state index contributed by atoms with van der Waals surface area (Å²) in [5.41, 5.74) is 2.07. The number of aliphatic hydroxyl groups is 1. The lowest BCUT2D eigenvalue weighted by molar-refractivity contribution is -0.153. The number of anilines is 2. The number of rotatable bonds is 11. The van der Waals surface area contributed by atoms with Crippen LogP contribution in [-0.2, 0) is 42.5 Å². The molecule has 2 amide bonds. The zero-order valence-electron chi connectivity index (χ0n) is 29.1. The summed E-state index contributed by atoms with van der Waals surface area (Å²) >= 11 is 0. The number of esters is 1. The summed E-state index contributed by atoms with van der Waals surface area (Å²) in [5, 5.41) is 18.8. The zero-order valence-corrected chi connectivity index (χ0v) is 30.1. The number of β-lactam (4-membered cyclic amide) rings is 1. The van der Waals surface area contributed by atoms with Gasteiger partial charge in [-0.3, -0.25) is 24.0 Å². The van der Waals surface area contributed by atoms with Crippen molar-refractivity contribution in [2.75, 3.05) is 16.4 Å². The van der Waals surface area contributed by atoms with Crippen LogP contribution in [-0.4, -0.2) is 65.2 Å². The summed E-state index contributed by atoms with van der Waals surface area (Å²) < 4.78 is 30.5. The van der Waals surface area contributed by atoms with Gasteiger partial charge in [-0.15, -0.1) is 5.10 Å². The Morgan fingerprint density at radius 3 is 2.45 bits per heavy atom. The standard InChI is InChI=1S/C38H42FN5O6Si/c1-24-36(51(3,4)39)33(17-18-42-22-31(40-41-42)29(23-45)27-13-9-6-10-14-27)50-38(24)30-19-28(44-34(47)20-35(44)49-25(2)46)15-16-32(30)43(37(38)48)21-26-11-7-5-8-12-26/h5-16,19,22,24,29,33,35-36,45H,17-18,20-21,23H2,1-4H3/t24-,29?,33+,35?,36-,38+/m1/s1. The lowest BCUT2D eigenvalue weighted by atomic mass is 9.82. The van der Waals surface area contributed by atoms with Crippen LogP contribution in [0, 0.1) is 5.92 Å². The fourth-order valence-corrected chi connectivity index (χ4v) is 10.8. The second-order valence-electron chi connectivity index (χ2n) is 14.2. The van der Waals surface area contributed by atoms with E-state index in [-0.39, 0.29) is 37.3 Å². The first-order valence-corrected chi connectivity index (χ1v) is 20.3. The van der Waals surface area contributed by atoms with Gasteiger partial charge in [-0.2, -0.15) is 0 Å². The van der Waals surface area contributed by atoms with Crippen LogP contribution in [0.3, 0.4) is 0 Å². The number of carbonyl (C=O) groups is 3. The number of halogens is 1. The van der Waals surface area contributed by atoms with E-state index in [9.17, 15) is 19.5 Å². The van der Waals surface area contributed by atoms with Crippen molar-refractivity contribution in [3.05, 3.63) is 107 Å². The molecule has 0 radical (unpaired) electrons. The van der Waals surface area contributed by atoms with Gasteiger partial charge in [0, 0.05) is 42.4 Å². The van der Waals surface area contributed by atoms with E-state index >= 15 is 4.11 Å². The van der Waals surface area contributed by atoms with E-state index in [0.717, 1.165) is 11.1 Å². The molecule has 3 aliphatic heterocycles. The van der Waals surface area contributed by atoms with Gasteiger partial charge in [0.15, 0.2) is 11.8 Å². The smallest absolute Gasteiger partial charge is 0.304 e. The van der Waals surface area contributed by atoms with Crippen molar-refractivity contribution < 1.29 is 33.1 Å². The first-order valence-electron chi connectivity index (χ1n) is 17.3. The van der Waals surface area contributed by atoms with E-state index in [4.69, 9.17) is 9.47 Å². The van der Waals surface area contributed by atoms with E-state index in [1.807, 2.05) is 67.6 Å². The number of benzene rings is 3. The fourth-order valence-electron chi connectivity index (χ4n) is 8.26. The predicted molar refractivity (Wildman–Crippen MR) is 190 cm³/mol. The van der Waals surface area contributed by atoms with Crippen molar-refractivity contribution in [2.24, 2.45) is 5.92 Å². The van der Waals surface area contributed by atoms with Crippen LogP contribution < -0.4 is 9.80 Å². The number of hydrogen-bond acceptors (Lipinski definition) is 8. The Balaban J connectivity index is 1.23. The van der Waals surface area contributed by atoms with Crippen molar-refractivity contribution in [2.45, 2.75) is 82.3 Å². The van der Waals surface area contributed by atoms with Gasteiger partial charge in [-0.1, -0.05) is 72.8 Å². The number of hydrogen-bond donors (Lipinski definition) is 1. The lowest BCUT2D eigenvalue weighted by Crippen LogP contribution is -2.55. The number of ether oxygens (including phenoxy) is 2. The first kappa shape index (κ1) is 34.7. The summed E-state index contributed by atoms with van der Waals surface area (Å²) in [4.78, 5) is 42.6. The number of fused-ring (bicyclic) bond motifs is 2. The molecule has 7 rings (SSSR count). The minimum atomic E-state index is -3.46. The molecule has 6 atom stereocenters. The second kappa shape index (κ2) is 13.4. The third-order valence-electron chi connectivity index (χ3n) is 10.6. The Labute approximate surface area is 297 Å². The van der Waals surface area contributed by atoms with Gasteiger partial charge in [0.1, 0.15) is 0 Å². The Morgan fingerprint density at radius 1 is 1.10 bits per heavy atom. The molecule has 13 heteroatoms. The molecule has 1 aromatic heterocycles. The molecule has 3 aliphatic rings. The highest BCUT2D eigenvalue weighted by atomic mass is 28.4. The summed E-state index contributed by atoms with van der Waals surface area (Å²) in [6.45, 7) is 7.01. The van der Waals surface area contributed by atoms with Gasteiger partial charge in [-0.25, -0.2) is 0 Å². The van der Waals surface area contributed by atoms with Crippen LogP contribution in [0.4, 0.5) is 15.5 Å². The maximum atomic E-state index is 16.5. The summed E-state index contributed by atoms with van der Waals surface area (Å²) in [7, 11) is -3.46. The number of carbonyl (C=O) groups excluding carboxylic acids is 3. The molecule has 2 fully saturated rings. The molecule has 51 heavy (non-hydrogen) atoms. The zero-order chi connectivity index (χ0) is 36.1. The highest BCUT2D eigenvalue weighted by molar-refractivity contribution is 6.72. The average Bonchev–Trinajstić information content (AvgIpc) is 3.75. The van der Waals surface area contributed by atoms with Crippen molar-refractivity contribution in [3.63, 3.8) is 0 Å². The van der Waals surface area contributed by atoms with Crippen molar-refractivity contribution in [3.8, 4) is 0 Å². The molecule has 4 heterocycles. The van der Waals surface area contributed by atoms with E-state index in [2.05, 4.69) is 10.3 Å². The largest absolute Gasteiger partial charge is 0.441 e. The van der Waals surface area contributed by atoms with Gasteiger partial charge in [0.25, 0.3) is 5.91 Å². The molecular formula is C38H42FN5O6Si. The molecule has 3 aromatic carbocycles. The van der Waals surface area contributed by atoms with Gasteiger partial charge in [0.05, 0.1) is 43.0 Å². The topological polar surface area (TPSA) is 127 Å². The van der Waals surface area contributed by atoms with Crippen LogP contribution in [0.2, 0.25) is 18.6 Å². The van der Waals surface area contributed by atoms with Crippen molar-refractivity contribution in [1.82, 2.24) is 15.0 Å². The monoisotopic (exact) mass is 711 g/mol. The molecule has 0 saturated carbocycles. The SMILES string of the molecule is CC(=O)OC1CC(=O)N1c1ccc2c(c1)[C@]1(O[C@@H](CCn3cc(C(CO)c4ccccc4)nn3)[C@H]([Si](C)(C)F)[C@H]1C)C(=O)N2Cc1ccccc1. The van der Waals surface area contributed by atoms with E-state index in [1.165, 1.54) is 11.8 Å². The van der Waals surface area contributed by atoms with Gasteiger partial charge >= 0.3 is 5.97 Å². The van der Waals surface area contributed by atoms with E-state index in [1.54, 1.807) is 47.1 Å². The van der Waals surface area contributed by atoms with Crippen LogP contribution >= 0.6 is 0 Å². The maximum absolute atomic E-state index is 16.5. The predicted octanol–water partition coefficient (Wildman–Crippen LogP) is 5.44. The molecule has 1 spiro atoms. The molecule has 266 valence electrons. The molecule has 11 nitrogen and oxygen atoms in total. The third kappa shape index (κ3) is 6.17. The quantitative estimate of drug-likeness (QED) is 0.0944. The van der Waals surface area contributed by atoms with Gasteiger partial charge in [0.2, 0.25) is 14.3 Å².